The van der Waals surface area contributed by atoms with Crippen LogP contribution in [-0.2, 0) is 4.79 Å². The Labute approximate surface area is 344 Å². The molecule has 0 spiro atoms. The van der Waals surface area contributed by atoms with E-state index in [1.807, 2.05) is 6.08 Å². The lowest BCUT2D eigenvalue weighted by Gasteiger charge is -2.19. The van der Waals surface area contributed by atoms with E-state index in [-0.39, 0.29) is 12.5 Å². The van der Waals surface area contributed by atoms with Crippen LogP contribution in [0.4, 0.5) is 0 Å². The summed E-state index contributed by atoms with van der Waals surface area (Å²) >= 11 is 0. The summed E-state index contributed by atoms with van der Waals surface area (Å²) < 4.78 is 0. The van der Waals surface area contributed by atoms with Crippen LogP contribution in [0.3, 0.4) is 0 Å². The molecule has 2 atom stereocenters. The quantitative estimate of drug-likeness (QED) is 0.0427. The fraction of sp³-hybridized carbons (Fsp3) is 0.824. The standard InChI is InChI=1S/C51H95NO3/c1-3-5-7-9-11-13-15-17-19-21-22-23-24-25-26-27-28-29-30-31-32-34-36-38-40-42-44-46-50(54)49(48-53)52-51(55)47-45-43-41-39-37-35-33-20-18-16-14-12-10-8-6-4-2/h20,30-31,33,36,38,44,46,49-50,53-54H,3-19,21-29,32,34-35,37,39-43,45,47-48H2,1-2H3,(H,52,55)/b31-30+,33-20-,38-36+,46-44+. The van der Waals surface area contributed by atoms with Crippen LogP contribution in [0.2, 0.25) is 0 Å². The molecule has 1 amide bonds. The fourth-order valence-electron chi connectivity index (χ4n) is 7.26. The van der Waals surface area contributed by atoms with Gasteiger partial charge in [0.2, 0.25) is 5.91 Å². The first kappa shape index (κ1) is 53.4. The lowest BCUT2D eigenvalue weighted by atomic mass is 10.0. The van der Waals surface area contributed by atoms with E-state index in [2.05, 4.69) is 55.6 Å². The van der Waals surface area contributed by atoms with E-state index in [4.69, 9.17) is 0 Å². The van der Waals surface area contributed by atoms with E-state index in [0.29, 0.717) is 6.42 Å². The molecule has 0 heterocycles. The summed E-state index contributed by atoms with van der Waals surface area (Å²) in [6, 6.07) is -0.650. The molecule has 0 saturated heterocycles. The van der Waals surface area contributed by atoms with Gasteiger partial charge in [0.05, 0.1) is 18.8 Å². The van der Waals surface area contributed by atoms with Gasteiger partial charge < -0.3 is 15.5 Å². The largest absolute Gasteiger partial charge is 0.394 e. The average Bonchev–Trinajstić information content (AvgIpc) is 3.19. The van der Waals surface area contributed by atoms with Crippen LogP contribution in [0, 0.1) is 0 Å². The van der Waals surface area contributed by atoms with Gasteiger partial charge in [-0.05, 0) is 70.6 Å². The summed E-state index contributed by atoms with van der Waals surface area (Å²) in [5.41, 5.74) is 0. The summed E-state index contributed by atoms with van der Waals surface area (Å²) in [5, 5.41) is 23.0. The second-order valence-electron chi connectivity index (χ2n) is 16.5. The van der Waals surface area contributed by atoms with E-state index in [1.165, 1.54) is 180 Å². The Morgan fingerprint density at radius 1 is 0.418 bits per heavy atom. The maximum atomic E-state index is 12.4. The minimum atomic E-state index is -0.874. The van der Waals surface area contributed by atoms with Gasteiger partial charge in [-0.1, -0.05) is 223 Å². The van der Waals surface area contributed by atoms with Gasteiger partial charge in [-0.15, -0.1) is 0 Å². The molecule has 0 aromatic carbocycles. The first-order valence-electron chi connectivity index (χ1n) is 24.4. The lowest BCUT2D eigenvalue weighted by Crippen LogP contribution is -2.45. The SMILES string of the molecule is CCCCCCCCC/C=C\CCCCCCCC(=O)NC(CO)C(O)/C=C/CC/C=C/CC/C=C/CCCCCCCCCCCCCCCCCCC. The average molecular weight is 770 g/mol. The lowest BCUT2D eigenvalue weighted by molar-refractivity contribution is -0.123. The predicted molar refractivity (Wildman–Crippen MR) is 244 cm³/mol. The molecule has 0 radical (unpaired) electrons. The van der Waals surface area contributed by atoms with Gasteiger partial charge in [-0.2, -0.15) is 0 Å². The molecule has 4 heteroatoms. The van der Waals surface area contributed by atoms with Crippen molar-refractivity contribution in [1.29, 1.82) is 0 Å². The number of aliphatic hydroxyl groups is 2. The van der Waals surface area contributed by atoms with E-state index in [9.17, 15) is 15.0 Å². The first-order valence-corrected chi connectivity index (χ1v) is 24.4. The molecular weight excluding hydrogens is 675 g/mol. The molecule has 0 aromatic rings. The number of hydrogen-bond acceptors (Lipinski definition) is 3. The van der Waals surface area contributed by atoms with Crippen LogP contribution in [0.25, 0.3) is 0 Å². The zero-order valence-electron chi connectivity index (χ0n) is 36.9. The molecule has 3 N–H and O–H groups in total. The Hall–Kier alpha value is -1.65. The number of nitrogens with one attached hydrogen (secondary N) is 1. The Bertz CT molecular complexity index is 877. The smallest absolute Gasteiger partial charge is 0.220 e. The molecule has 0 bridgehead atoms. The number of hydrogen-bond donors (Lipinski definition) is 3. The van der Waals surface area contributed by atoms with Crippen LogP contribution in [0.1, 0.15) is 251 Å². The number of unbranched alkanes of at least 4 members (excludes halogenated alkanes) is 31. The van der Waals surface area contributed by atoms with Gasteiger partial charge >= 0.3 is 0 Å². The molecule has 0 aromatic heterocycles. The molecule has 55 heavy (non-hydrogen) atoms. The van der Waals surface area contributed by atoms with Gasteiger partial charge in [-0.25, -0.2) is 0 Å². The third-order valence-corrected chi connectivity index (χ3v) is 11.0. The highest BCUT2D eigenvalue weighted by Gasteiger charge is 2.17. The summed E-state index contributed by atoms with van der Waals surface area (Å²) in [5.74, 6) is -0.0861. The van der Waals surface area contributed by atoms with Crippen molar-refractivity contribution in [2.75, 3.05) is 6.61 Å². The highest BCUT2D eigenvalue weighted by molar-refractivity contribution is 5.76. The van der Waals surface area contributed by atoms with Crippen LogP contribution in [0.5, 0.6) is 0 Å². The van der Waals surface area contributed by atoms with Crippen molar-refractivity contribution >= 4 is 5.91 Å². The maximum absolute atomic E-state index is 12.4. The van der Waals surface area contributed by atoms with Crippen LogP contribution < -0.4 is 5.32 Å². The summed E-state index contributed by atoms with van der Waals surface area (Å²) in [4.78, 5) is 12.4. The first-order chi connectivity index (χ1) is 27.2. The second-order valence-corrected chi connectivity index (χ2v) is 16.5. The Morgan fingerprint density at radius 2 is 0.709 bits per heavy atom. The van der Waals surface area contributed by atoms with E-state index >= 15 is 0 Å². The highest BCUT2D eigenvalue weighted by atomic mass is 16.3. The van der Waals surface area contributed by atoms with Crippen molar-refractivity contribution < 1.29 is 15.0 Å². The number of aliphatic hydroxyl groups excluding tert-OH is 2. The molecule has 4 nitrogen and oxygen atoms in total. The van der Waals surface area contributed by atoms with Crippen LogP contribution >= 0.6 is 0 Å². The Morgan fingerprint density at radius 3 is 1.05 bits per heavy atom. The molecule has 0 aliphatic carbocycles. The molecule has 2 unspecified atom stereocenters. The molecular formula is C51H95NO3. The van der Waals surface area contributed by atoms with Crippen LogP contribution in [0.15, 0.2) is 48.6 Å². The van der Waals surface area contributed by atoms with Gasteiger partial charge in [0.1, 0.15) is 0 Å². The molecule has 0 saturated carbocycles. The van der Waals surface area contributed by atoms with Gasteiger partial charge in [0.25, 0.3) is 0 Å². The van der Waals surface area contributed by atoms with Crippen molar-refractivity contribution in [1.82, 2.24) is 5.32 Å². The number of allylic oxidation sites excluding steroid dienone is 7. The monoisotopic (exact) mass is 770 g/mol. The Balaban J connectivity index is 3.60. The third kappa shape index (κ3) is 43.3. The minimum Gasteiger partial charge on any atom is -0.394 e. The molecule has 0 fully saturated rings. The van der Waals surface area contributed by atoms with Crippen molar-refractivity contribution in [2.24, 2.45) is 0 Å². The van der Waals surface area contributed by atoms with Crippen molar-refractivity contribution in [3.8, 4) is 0 Å². The third-order valence-electron chi connectivity index (χ3n) is 11.0. The zero-order chi connectivity index (χ0) is 40.0. The molecule has 0 rings (SSSR count). The highest BCUT2D eigenvalue weighted by Crippen LogP contribution is 2.15. The van der Waals surface area contributed by atoms with Gasteiger partial charge in [0, 0.05) is 6.42 Å². The van der Waals surface area contributed by atoms with E-state index < -0.39 is 12.1 Å². The summed E-state index contributed by atoms with van der Waals surface area (Å²) in [6.07, 6.45) is 63.9. The normalized spacial score (nSPS) is 13.3. The molecule has 322 valence electrons. The molecule has 0 aliphatic heterocycles. The second kappa shape index (κ2) is 46.7. The number of rotatable bonds is 44. The van der Waals surface area contributed by atoms with Gasteiger partial charge in [0.15, 0.2) is 0 Å². The number of amides is 1. The number of carbonyl (C=O) groups is 1. The van der Waals surface area contributed by atoms with E-state index in [0.717, 1.165) is 51.4 Å². The van der Waals surface area contributed by atoms with Gasteiger partial charge in [-0.3, -0.25) is 4.79 Å². The topological polar surface area (TPSA) is 69.6 Å². The zero-order valence-corrected chi connectivity index (χ0v) is 36.9. The summed E-state index contributed by atoms with van der Waals surface area (Å²) in [7, 11) is 0. The fourth-order valence-corrected chi connectivity index (χ4v) is 7.26. The number of carbonyl (C=O) groups excluding carboxylic acids is 1. The van der Waals surface area contributed by atoms with Crippen molar-refractivity contribution in [2.45, 2.75) is 264 Å². The summed E-state index contributed by atoms with van der Waals surface area (Å²) in [6.45, 7) is 4.30. The molecule has 0 aliphatic rings. The minimum absolute atomic E-state index is 0.0861. The van der Waals surface area contributed by atoms with Crippen LogP contribution in [-0.4, -0.2) is 34.9 Å². The van der Waals surface area contributed by atoms with Crippen molar-refractivity contribution in [3.63, 3.8) is 0 Å². The van der Waals surface area contributed by atoms with Crippen molar-refractivity contribution in [3.05, 3.63) is 48.6 Å². The van der Waals surface area contributed by atoms with E-state index in [1.54, 1.807) is 6.08 Å². The Kier molecular flexibility index (Phi) is 45.3. The maximum Gasteiger partial charge on any atom is 0.220 e. The predicted octanol–water partition coefficient (Wildman–Crippen LogP) is 15.5.